The summed E-state index contributed by atoms with van der Waals surface area (Å²) in [5.41, 5.74) is 3.80. The van der Waals surface area contributed by atoms with Crippen LogP contribution in [0.1, 0.15) is 16.8 Å². The third-order valence-corrected chi connectivity index (χ3v) is 5.98. The van der Waals surface area contributed by atoms with Crippen LogP contribution in [-0.4, -0.2) is 41.3 Å². The molecular formula is C25H24FN3O2. The standard InChI is InChI=1S/C25H24FN3O2/c26-22-9-5-4-6-18(22)16-23-20-10-11-24(30)21(25(20)31-27-23)17-28-12-14-29(15-13-28)19-7-2-1-3-8-19/h1-11,30H,12-17H2. The Labute approximate surface area is 180 Å². The number of hydrogen-bond donors (Lipinski definition) is 1. The highest BCUT2D eigenvalue weighted by atomic mass is 19.1. The second-order valence-corrected chi connectivity index (χ2v) is 7.94. The summed E-state index contributed by atoms with van der Waals surface area (Å²) in [5.74, 6) is -0.0551. The SMILES string of the molecule is Oc1ccc2c(Cc3ccccc3F)noc2c1CN1CCN(c2ccccc2)CC1. The number of aromatic nitrogens is 1. The normalized spacial score (nSPS) is 14.9. The molecule has 3 aromatic carbocycles. The van der Waals surface area contributed by atoms with Gasteiger partial charge in [0.2, 0.25) is 0 Å². The molecule has 0 saturated carbocycles. The Kier molecular flexibility index (Phi) is 5.30. The number of anilines is 1. The Morgan fingerprint density at radius 2 is 1.65 bits per heavy atom. The van der Waals surface area contributed by atoms with Crippen molar-refractivity contribution in [3.8, 4) is 5.75 Å². The Morgan fingerprint density at radius 3 is 2.42 bits per heavy atom. The molecule has 0 spiro atoms. The summed E-state index contributed by atoms with van der Waals surface area (Å²) in [6.07, 6.45) is 0.347. The van der Waals surface area contributed by atoms with Gasteiger partial charge in [-0.15, -0.1) is 0 Å². The minimum Gasteiger partial charge on any atom is -0.507 e. The Morgan fingerprint density at radius 1 is 0.903 bits per heavy atom. The first-order valence-electron chi connectivity index (χ1n) is 10.5. The van der Waals surface area contributed by atoms with Gasteiger partial charge in [-0.3, -0.25) is 4.90 Å². The van der Waals surface area contributed by atoms with Crippen molar-refractivity contribution in [2.45, 2.75) is 13.0 Å². The van der Waals surface area contributed by atoms with Crippen LogP contribution >= 0.6 is 0 Å². The monoisotopic (exact) mass is 417 g/mol. The van der Waals surface area contributed by atoms with Crippen molar-refractivity contribution in [3.05, 3.63) is 89.4 Å². The van der Waals surface area contributed by atoms with E-state index in [4.69, 9.17) is 4.52 Å². The molecular weight excluding hydrogens is 393 g/mol. The van der Waals surface area contributed by atoms with Crippen LogP contribution in [0.3, 0.4) is 0 Å². The van der Waals surface area contributed by atoms with Gasteiger partial charge in [0, 0.05) is 50.2 Å². The maximum Gasteiger partial charge on any atom is 0.175 e. The Bertz CT molecular complexity index is 1180. The summed E-state index contributed by atoms with van der Waals surface area (Å²) in [5, 5.41) is 15.5. The zero-order valence-electron chi connectivity index (χ0n) is 17.2. The summed E-state index contributed by atoms with van der Waals surface area (Å²) >= 11 is 0. The van der Waals surface area contributed by atoms with Crippen molar-refractivity contribution in [1.29, 1.82) is 0 Å². The number of piperazine rings is 1. The summed E-state index contributed by atoms with van der Waals surface area (Å²) in [6.45, 7) is 4.22. The number of fused-ring (bicyclic) bond motifs is 1. The lowest BCUT2D eigenvalue weighted by atomic mass is 10.0. The average molecular weight is 417 g/mol. The highest BCUT2D eigenvalue weighted by Crippen LogP contribution is 2.32. The molecule has 0 unspecified atom stereocenters. The molecule has 1 fully saturated rings. The molecule has 31 heavy (non-hydrogen) atoms. The van der Waals surface area contributed by atoms with E-state index in [0.717, 1.165) is 37.1 Å². The minimum atomic E-state index is -0.256. The van der Waals surface area contributed by atoms with Crippen LogP contribution < -0.4 is 4.90 Å². The van der Waals surface area contributed by atoms with E-state index < -0.39 is 0 Å². The molecule has 1 aromatic heterocycles. The number of hydrogen-bond acceptors (Lipinski definition) is 5. The molecule has 0 atom stereocenters. The van der Waals surface area contributed by atoms with Crippen LogP contribution in [0.15, 0.2) is 71.3 Å². The average Bonchev–Trinajstić information content (AvgIpc) is 3.21. The van der Waals surface area contributed by atoms with Gasteiger partial charge in [0.15, 0.2) is 5.58 Å². The zero-order chi connectivity index (χ0) is 21.2. The van der Waals surface area contributed by atoms with Crippen molar-refractivity contribution >= 4 is 16.7 Å². The second-order valence-electron chi connectivity index (χ2n) is 7.94. The highest BCUT2D eigenvalue weighted by molar-refractivity contribution is 5.84. The van der Waals surface area contributed by atoms with Gasteiger partial charge in [0.1, 0.15) is 11.6 Å². The van der Waals surface area contributed by atoms with E-state index in [0.29, 0.717) is 29.8 Å². The molecule has 0 radical (unpaired) electrons. The number of halogens is 1. The molecule has 0 aliphatic carbocycles. The second kappa shape index (κ2) is 8.40. The number of rotatable bonds is 5. The molecule has 1 aliphatic heterocycles. The van der Waals surface area contributed by atoms with Crippen LogP contribution in [0.25, 0.3) is 11.0 Å². The lowest BCUT2D eigenvalue weighted by Gasteiger charge is -2.36. The van der Waals surface area contributed by atoms with Crippen LogP contribution in [0.5, 0.6) is 5.75 Å². The summed E-state index contributed by atoms with van der Waals surface area (Å²) in [6, 6.07) is 20.6. The first-order valence-corrected chi connectivity index (χ1v) is 10.5. The topological polar surface area (TPSA) is 52.7 Å². The van der Waals surface area contributed by atoms with Crippen LogP contribution in [0, 0.1) is 5.82 Å². The summed E-state index contributed by atoms with van der Waals surface area (Å²) in [7, 11) is 0. The van der Waals surface area contributed by atoms with E-state index >= 15 is 0 Å². The van der Waals surface area contributed by atoms with E-state index in [1.165, 1.54) is 11.8 Å². The van der Waals surface area contributed by atoms with Crippen molar-refractivity contribution in [2.75, 3.05) is 31.1 Å². The van der Waals surface area contributed by atoms with Crippen molar-refractivity contribution in [3.63, 3.8) is 0 Å². The minimum absolute atomic E-state index is 0.201. The fourth-order valence-corrected chi connectivity index (χ4v) is 4.23. The quantitative estimate of drug-likeness (QED) is 0.515. The van der Waals surface area contributed by atoms with Gasteiger partial charge in [-0.25, -0.2) is 4.39 Å². The predicted molar refractivity (Wildman–Crippen MR) is 119 cm³/mol. The first kappa shape index (κ1) is 19.6. The van der Waals surface area contributed by atoms with Crippen LogP contribution in [-0.2, 0) is 13.0 Å². The fraction of sp³-hybridized carbons (Fsp3) is 0.240. The van der Waals surface area contributed by atoms with E-state index in [1.807, 2.05) is 12.1 Å². The third-order valence-electron chi connectivity index (χ3n) is 5.98. The van der Waals surface area contributed by atoms with Crippen molar-refractivity contribution in [2.24, 2.45) is 0 Å². The predicted octanol–water partition coefficient (Wildman–Crippen LogP) is 4.59. The number of phenolic OH excluding ortho intramolecular Hbond substituents is 1. The number of nitrogens with zero attached hydrogens (tertiary/aromatic N) is 3. The fourth-order valence-electron chi connectivity index (χ4n) is 4.23. The first-order chi connectivity index (χ1) is 15.2. The molecule has 1 aliphatic rings. The van der Waals surface area contributed by atoms with E-state index in [-0.39, 0.29) is 11.6 Å². The van der Waals surface area contributed by atoms with E-state index in [2.05, 4.69) is 39.2 Å². The third kappa shape index (κ3) is 3.99. The molecule has 1 saturated heterocycles. The van der Waals surface area contributed by atoms with Crippen LogP contribution in [0.2, 0.25) is 0 Å². The van der Waals surface area contributed by atoms with Gasteiger partial charge in [-0.2, -0.15) is 0 Å². The Hall–Kier alpha value is -3.38. The lowest BCUT2D eigenvalue weighted by molar-refractivity contribution is 0.246. The van der Waals surface area contributed by atoms with E-state index in [9.17, 15) is 9.50 Å². The van der Waals surface area contributed by atoms with Gasteiger partial charge >= 0.3 is 0 Å². The molecule has 6 heteroatoms. The van der Waals surface area contributed by atoms with E-state index in [1.54, 1.807) is 24.3 Å². The number of benzene rings is 3. The van der Waals surface area contributed by atoms with Gasteiger partial charge in [0.25, 0.3) is 0 Å². The van der Waals surface area contributed by atoms with Gasteiger partial charge in [0.05, 0.1) is 11.3 Å². The summed E-state index contributed by atoms with van der Waals surface area (Å²) in [4.78, 5) is 4.69. The largest absolute Gasteiger partial charge is 0.507 e. The molecule has 0 bridgehead atoms. The van der Waals surface area contributed by atoms with Gasteiger partial charge < -0.3 is 14.5 Å². The molecule has 2 heterocycles. The zero-order valence-corrected chi connectivity index (χ0v) is 17.2. The molecule has 1 N–H and O–H groups in total. The molecule has 5 nitrogen and oxygen atoms in total. The Balaban J connectivity index is 1.34. The number of aromatic hydroxyl groups is 1. The highest BCUT2D eigenvalue weighted by Gasteiger charge is 2.22. The van der Waals surface area contributed by atoms with Gasteiger partial charge in [-0.05, 0) is 35.9 Å². The summed E-state index contributed by atoms with van der Waals surface area (Å²) < 4.78 is 19.7. The van der Waals surface area contributed by atoms with Gasteiger partial charge in [-0.1, -0.05) is 41.6 Å². The molecule has 0 amide bonds. The smallest absolute Gasteiger partial charge is 0.175 e. The maximum atomic E-state index is 14.1. The van der Waals surface area contributed by atoms with Crippen molar-refractivity contribution in [1.82, 2.24) is 10.1 Å². The number of para-hydroxylation sites is 1. The lowest BCUT2D eigenvalue weighted by Crippen LogP contribution is -2.45. The maximum absolute atomic E-state index is 14.1. The number of phenols is 1. The van der Waals surface area contributed by atoms with Crippen LogP contribution in [0.4, 0.5) is 10.1 Å². The van der Waals surface area contributed by atoms with Crippen molar-refractivity contribution < 1.29 is 14.0 Å². The molecule has 5 rings (SSSR count). The molecule has 158 valence electrons. The molecule has 4 aromatic rings.